The van der Waals surface area contributed by atoms with Crippen molar-refractivity contribution in [2.75, 3.05) is 5.32 Å². The highest BCUT2D eigenvalue weighted by atomic mass is 35.5. The van der Waals surface area contributed by atoms with Crippen LogP contribution in [-0.2, 0) is 12.7 Å². The number of hydrogen-bond acceptors (Lipinski definition) is 1. The van der Waals surface area contributed by atoms with E-state index in [4.69, 9.17) is 11.6 Å². The third-order valence-electron chi connectivity index (χ3n) is 2.68. The molecule has 0 unspecified atom stereocenters. The van der Waals surface area contributed by atoms with Gasteiger partial charge in [0.2, 0.25) is 0 Å². The fourth-order valence-electron chi connectivity index (χ4n) is 1.78. The summed E-state index contributed by atoms with van der Waals surface area (Å²) < 4.78 is 51.6. The molecule has 0 radical (unpaired) electrons. The predicted octanol–water partition coefficient (Wildman–Crippen LogP) is 5.11. The fraction of sp³-hybridized carbons (Fsp3) is 0.143. The molecule has 2 rings (SSSR count). The van der Waals surface area contributed by atoms with Gasteiger partial charge in [-0.1, -0.05) is 29.8 Å². The highest BCUT2D eigenvalue weighted by Gasteiger charge is 2.34. The lowest BCUT2D eigenvalue weighted by molar-refractivity contribution is -0.136. The van der Waals surface area contributed by atoms with Crippen molar-refractivity contribution in [2.45, 2.75) is 12.7 Å². The molecule has 0 spiro atoms. The third kappa shape index (κ3) is 3.42. The molecule has 0 heterocycles. The smallest absolute Gasteiger partial charge is 0.379 e. The first-order valence-corrected chi connectivity index (χ1v) is 6.10. The van der Waals surface area contributed by atoms with Gasteiger partial charge in [0.1, 0.15) is 5.82 Å². The summed E-state index contributed by atoms with van der Waals surface area (Å²) in [5.41, 5.74) is -0.523. The molecule has 0 aliphatic rings. The Morgan fingerprint density at radius 2 is 1.75 bits per heavy atom. The van der Waals surface area contributed by atoms with Crippen LogP contribution in [0.1, 0.15) is 11.1 Å². The van der Waals surface area contributed by atoms with Crippen LogP contribution in [0, 0.1) is 5.82 Å². The lowest BCUT2D eigenvalue weighted by Crippen LogP contribution is -2.11. The fourth-order valence-corrected chi connectivity index (χ4v) is 2.02. The summed E-state index contributed by atoms with van der Waals surface area (Å²) in [4.78, 5) is 0. The van der Waals surface area contributed by atoms with Gasteiger partial charge in [0, 0.05) is 6.54 Å². The van der Waals surface area contributed by atoms with E-state index in [0.29, 0.717) is 5.56 Å². The van der Waals surface area contributed by atoms with E-state index < -0.39 is 17.6 Å². The number of alkyl halides is 3. The maximum Gasteiger partial charge on any atom is 0.418 e. The first-order valence-electron chi connectivity index (χ1n) is 5.72. The molecule has 2 aromatic carbocycles. The molecule has 0 bridgehead atoms. The summed E-state index contributed by atoms with van der Waals surface area (Å²) in [5.74, 6) is -0.445. The van der Waals surface area contributed by atoms with Crippen molar-refractivity contribution in [3.8, 4) is 0 Å². The standard InChI is InChI=1S/C14H10ClF4N/c15-12-6-2-5-11(14(17,18)19)13(12)20-8-9-3-1-4-10(16)7-9/h1-7,20H,8H2. The molecule has 106 valence electrons. The minimum Gasteiger partial charge on any atom is -0.379 e. The van der Waals surface area contributed by atoms with Gasteiger partial charge in [-0.15, -0.1) is 0 Å². The summed E-state index contributed by atoms with van der Waals surface area (Å²) in [6, 6.07) is 9.16. The molecule has 0 aliphatic carbocycles. The van der Waals surface area contributed by atoms with Crippen molar-refractivity contribution >= 4 is 17.3 Å². The van der Waals surface area contributed by atoms with Crippen LogP contribution in [0.25, 0.3) is 0 Å². The van der Waals surface area contributed by atoms with Gasteiger partial charge in [0.05, 0.1) is 16.3 Å². The second-order valence-electron chi connectivity index (χ2n) is 4.14. The van der Waals surface area contributed by atoms with E-state index in [1.165, 1.54) is 30.3 Å². The highest BCUT2D eigenvalue weighted by molar-refractivity contribution is 6.33. The van der Waals surface area contributed by atoms with Gasteiger partial charge >= 0.3 is 6.18 Å². The molecule has 0 amide bonds. The second kappa shape index (κ2) is 5.71. The second-order valence-corrected chi connectivity index (χ2v) is 4.55. The van der Waals surface area contributed by atoms with Crippen molar-refractivity contribution in [3.63, 3.8) is 0 Å². The van der Waals surface area contributed by atoms with Crippen LogP contribution in [0.3, 0.4) is 0 Å². The predicted molar refractivity (Wildman–Crippen MR) is 70.2 cm³/mol. The summed E-state index contributed by atoms with van der Waals surface area (Å²) in [7, 11) is 0. The minimum absolute atomic E-state index is 0.0313. The van der Waals surface area contributed by atoms with Crippen molar-refractivity contribution < 1.29 is 17.6 Å². The monoisotopic (exact) mass is 303 g/mol. The van der Waals surface area contributed by atoms with Crippen LogP contribution in [0.2, 0.25) is 5.02 Å². The lowest BCUT2D eigenvalue weighted by atomic mass is 10.1. The van der Waals surface area contributed by atoms with E-state index in [2.05, 4.69) is 5.32 Å². The Balaban J connectivity index is 2.25. The molecule has 1 nitrogen and oxygen atoms in total. The maximum atomic E-state index is 13.0. The van der Waals surface area contributed by atoms with Crippen LogP contribution >= 0.6 is 11.6 Å². The summed E-state index contributed by atoms with van der Waals surface area (Å²) in [5, 5.41) is 2.58. The SMILES string of the molecule is Fc1cccc(CNc2c(Cl)cccc2C(F)(F)F)c1. The van der Waals surface area contributed by atoms with E-state index in [1.54, 1.807) is 6.07 Å². The molecule has 0 aromatic heterocycles. The topological polar surface area (TPSA) is 12.0 Å². The number of para-hydroxylation sites is 1. The van der Waals surface area contributed by atoms with Crippen molar-refractivity contribution in [3.05, 3.63) is 64.4 Å². The Kier molecular flexibility index (Phi) is 4.18. The number of hydrogen-bond donors (Lipinski definition) is 1. The van der Waals surface area contributed by atoms with Crippen molar-refractivity contribution in [1.82, 2.24) is 0 Å². The molecule has 0 atom stereocenters. The molecule has 0 saturated heterocycles. The number of nitrogens with one attached hydrogen (secondary N) is 1. The van der Waals surface area contributed by atoms with E-state index >= 15 is 0 Å². The van der Waals surface area contributed by atoms with Crippen molar-refractivity contribution in [1.29, 1.82) is 0 Å². The molecular formula is C14H10ClF4N. The molecule has 20 heavy (non-hydrogen) atoms. The first kappa shape index (κ1) is 14.7. The normalized spacial score (nSPS) is 11.4. The van der Waals surface area contributed by atoms with Crippen LogP contribution in [0.4, 0.5) is 23.2 Å². The van der Waals surface area contributed by atoms with E-state index in [-0.39, 0.29) is 17.3 Å². The van der Waals surface area contributed by atoms with Gasteiger partial charge in [-0.05, 0) is 29.8 Å². The van der Waals surface area contributed by atoms with Gasteiger partial charge in [0.25, 0.3) is 0 Å². The maximum absolute atomic E-state index is 13.0. The molecule has 0 fully saturated rings. The van der Waals surface area contributed by atoms with Crippen LogP contribution < -0.4 is 5.32 Å². The summed E-state index contributed by atoms with van der Waals surface area (Å²) in [6.07, 6.45) is -4.50. The molecule has 1 N–H and O–H groups in total. The zero-order valence-corrected chi connectivity index (χ0v) is 10.9. The lowest BCUT2D eigenvalue weighted by Gasteiger charge is -2.16. The Labute approximate surface area is 118 Å². The van der Waals surface area contributed by atoms with Crippen LogP contribution in [0.15, 0.2) is 42.5 Å². The molecular weight excluding hydrogens is 294 g/mol. The third-order valence-corrected chi connectivity index (χ3v) is 2.99. The van der Waals surface area contributed by atoms with E-state index in [9.17, 15) is 17.6 Å². The van der Waals surface area contributed by atoms with Crippen molar-refractivity contribution in [2.24, 2.45) is 0 Å². The van der Waals surface area contributed by atoms with E-state index in [1.807, 2.05) is 0 Å². The number of anilines is 1. The summed E-state index contributed by atoms with van der Waals surface area (Å²) in [6.45, 7) is 0.0462. The van der Waals surface area contributed by atoms with Crippen LogP contribution in [0.5, 0.6) is 0 Å². The molecule has 0 aliphatic heterocycles. The zero-order valence-electron chi connectivity index (χ0n) is 10.1. The number of halogens is 5. The van der Waals surface area contributed by atoms with Gasteiger partial charge in [-0.2, -0.15) is 13.2 Å². The zero-order chi connectivity index (χ0) is 14.8. The number of rotatable bonds is 3. The van der Waals surface area contributed by atoms with Gasteiger partial charge < -0.3 is 5.32 Å². The summed E-state index contributed by atoms with van der Waals surface area (Å²) >= 11 is 5.80. The molecule has 0 saturated carbocycles. The number of benzene rings is 2. The van der Waals surface area contributed by atoms with E-state index in [0.717, 1.165) is 6.07 Å². The Hall–Kier alpha value is -1.75. The average Bonchev–Trinajstić information content (AvgIpc) is 2.36. The molecule has 6 heteroatoms. The van der Waals surface area contributed by atoms with Gasteiger partial charge in [-0.25, -0.2) is 4.39 Å². The van der Waals surface area contributed by atoms with Gasteiger partial charge in [-0.3, -0.25) is 0 Å². The minimum atomic E-state index is -4.50. The molecule has 2 aromatic rings. The Morgan fingerprint density at radius 1 is 1.05 bits per heavy atom. The highest BCUT2D eigenvalue weighted by Crippen LogP contribution is 2.38. The van der Waals surface area contributed by atoms with Gasteiger partial charge in [0.15, 0.2) is 0 Å². The Morgan fingerprint density at radius 3 is 2.40 bits per heavy atom. The van der Waals surface area contributed by atoms with Crippen LogP contribution in [-0.4, -0.2) is 0 Å². The largest absolute Gasteiger partial charge is 0.418 e. The Bertz CT molecular complexity index is 610. The average molecular weight is 304 g/mol. The quantitative estimate of drug-likeness (QED) is 0.777. The first-order chi connectivity index (χ1) is 9.38.